The molecule has 1 N–H and O–H groups in total. The van der Waals surface area contributed by atoms with Crippen molar-refractivity contribution in [1.29, 1.82) is 0 Å². The Kier molecular flexibility index (Phi) is 7.30. The SMILES string of the molecule is CSCCNCCN(C)Cc1ccccc1. The molecule has 0 radical (unpaired) electrons. The van der Waals surface area contributed by atoms with Crippen LogP contribution in [0.15, 0.2) is 30.3 Å². The molecule has 16 heavy (non-hydrogen) atoms. The van der Waals surface area contributed by atoms with Crippen LogP contribution in [0.2, 0.25) is 0 Å². The van der Waals surface area contributed by atoms with Crippen LogP contribution >= 0.6 is 11.8 Å². The van der Waals surface area contributed by atoms with Gasteiger partial charge >= 0.3 is 0 Å². The summed E-state index contributed by atoms with van der Waals surface area (Å²) in [6, 6.07) is 10.6. The maximum Gasteiger partial charge on any atom is 0.0231 e. The third-order valence-corrected chi connectivity index (χ3v) is 3.06. The van der Waals surface area contributed by atoms with Gasteiger partial charge in [0.25, 0.3) is 0 Å². The van der Waals surface area contributed by atoms with Crippen LogP contribution in [0.25, 0.3) is 0 Å². The lowest BCUT2D eigenvalue weighted by Gasteiger charge is -2.16. The molecule has 0 bridgehead atoms. The van der Waals surface area contributed by atoms with Gasteiger partial charge in [0.2, 0.25) is 0 Å². The normalized spacial score (nSPS) is 10.9. The van der Waals surface area contributed by atoms with E-state index in [4.69, 9.17) is 0 Å². The highest BCUT2D eigenvalue weighted by atomic mass is 32.2. The Labute approximate surface area is 103 Å². The van der Waals surface area contributed by atoms with Crippen LogP contribution in [0.1, 0.15) is 5.56 Å². The summed E-state index contributed by atoms with van der Waals surface area (Å²) < 4.78 is 0. The van der Waals surface area contributed by atoms with Crippen molar-refractivity contribution >= 4 is 11.8 Å². The highest BCUT2D eigenvalue weighted by molar-refractivity contribution is 7.98. The number of hydrogen-bond acceptors (Lipinski definition) is 3. The lowest BCUT2D eigenvalue weighted by molar-refractivity contribution is 0.326. The summed E-state index contributed by atoms with van der Waals surface area (Å²) in [7, 11) is 2.17. The number of hydrogen-bond donors (Lipinski definition) is 1. The van der Waals surface area contributed by atoms with Crippen LogP contribution < -0.4 is 5.32 Å². The summed E-state index contributed by atoms with van der Waals surface area (Å²) in [6.45, 7) is 4.32. The molecule has 90 valence electrons. The second kappa shape index (κ2) is 8.62. The summed E-state index contributed by atoms with van der Waals surface area (Å²) in [5.41, 5.74) is 1.38. The van der Waals surface area contributed by atoms with Crippen LogP contribution in [0.4, 0.5) is 0 Å². The molecule has 0 aliphatic heterocycles. The van der Waals surface area contributed by atoms with E-state index >= 15 is 0 Å². The number of likely N-dealkylation sites (N-methyl/N-ethyl adjacent to an activating group) is 1. The van der Waals surface area contributed by atoms with E-state index in [1.807, 2.05) is 11.8 Å². The second-order valence-corrected chi connectivity index (χ2v) is 4.95. The van der Waals surface area contributed by atoms with Gasteiger partial charge in [-0.05, 0) is 18.9 Å². The van der Waals surface area contributed by atoms with Gasteiger partial charge in [-0.2, -0.15) is 11.8 Å². The van der Waals surface area contributed by atoms with Gasteiger partial charge in [-0.1, -0.05) is 30.3 Å². The maximum atomic E-state index is 3.44. The molecule has 0 aliphatic carbocycles. The number of nitrogens with zero attached hydrogens (tertiary/aromatic N) is 1. The molecule has 0 unspecified atom stereocenters. The van der Waals surface area contributed by atoms with E-state index in [1.54, 1.807) is 0 Å². The summed E-state index contributed by atoms with van der Waals surface area (Å²) in [4.78, 5) is 2.35. The second-order valence-electron chi connectivity index (χ2n) is 3.97. The molecule has 0 aliphatic rings. The highest BCUT2D eigenvalue weighted by Gasteiger charge is 1.98. The van der Waals surface area contributed by atoms with Crippen LogP contribution in [0, 0.1) is 0 Å². The van der Waals surface area contributed by atoms with Crippen LogP contribution in [0.5, 0.6) is 0 Å². The van der Waals surface area contributed by atoms with Gasteiger partial charge in [0.15, 0.2) is 0 Å². The molecular formula is C13H22N2S. The Morgan fingerprint density at radius 3 is 2.62 bits per heavy atom. The van der Waals surface area contributed by atoms with Crippen molar-refractivity contribution in [3.8, 4) is 0 Å². The van der Waals surface area contributed by atoms with Crippen molar-refractivity contribution in [3.63, 3.8) is 0 Å². The molecule has 0 saturated heterocycles. The first kappa shape index (κ1) is 13.6. The van der Waals surface area contributed by atoms with Crippen molar-refractivity contribution in [3.05, 3.63) is 35.9 Å². The zero-order valence-corrected chi connectivity index (χ0v) is 11.1. The first-order valence-corrected chi connectivity index (χ1v) is 7.14. The number of rotatable bonds is 8. The predicted octanol–water partition coefficient (Wildman–Crippen LogP) is 2.07. The Balaban J connectivity index is 2.09. The molecule has 0 saturated carbocycles. The molecule has 3 heteroatoms. The standard InChI is InChI=1S/C13H22N2S/c1-15(10-8-14-9-11-16-2)12-13-6-4-3-5-7-13/h3-7,14H,8-12H2,1-2H3. The Bertz CT molecular complexity index is 264. The average molecular weight is 238 g/mol. The number of thioether (sulfide) groups is 1. The predicted molar refractivity (Wildman–Crippen MR) is 74.0 cm³/mol. The van der Waals surface area contributed by atoms with Crippen molar-refractivity contribution in [2.45, 2.75) is 6.54 Å². The van der Waals surface area contributed by atoms with E-state index in [-0.39, 0.29) is 0 Å². The van der Waals surface area contributed by atoms with Gasteiger partial charge in [0.1, 0.15) is 0 Å². The van der Waals surface area contributed by atoms with Crippen LogP contribution in [-0.2, 0) is 6.54 Å². The van der Waals surface area contributed by atoms with Gasteiger partial charge < -0.3 is 10.2 Å². The third kappa shape index (κ3) is 6.16. The Hall–Kier alpha value is -0.510. The molecule has 0 amide bonds. The molecule has 1 aromatic rings. The third-order valence-electron chi connectivity index (χ3n) is 2.45. The topological polar surface area (TPSA) is 15.3 Å². The zero-order valence-electron chi connectivity index (χ0n) is 10.3. The molecule has 2 nitrogen and oxygen atoms in total. The Morgan fingerprint density at radius 2 is 1.94 bits per heavy atom. The minimum absolute atomic E-state index is 1.03. The van der Waals surface area contributed by atoms with Crippen molar-refractivity contribution in [1.82, 2.24) is 10.2 Å². The van der Waals surface area contributed by atoms with Crippen molar-refractivity contribution in [2.75, 3.05) is 38.7 Å². The minimum atomic E-state index is 1.03. The van der Waals surface area contributed by atoms with E-state index in [0.717, 1.165) is 26.2 Å². The van der Waals surface area contributed by atoms with Crippen molar-refractivity contribution < 1.29 is 0 Å². The van der Waals surface area contributed by atoms with Gasteiger partial charge in [-0.25, -0.2) is 0 Å². The highest BCUT2D eigenvalue weighted by Crippen LogP contribution is 2.01. The van der Waals surface area contributed by atoms with Gasteiger partial charge in [-0.3, -0.25) is 0 Å². The van der Waals surface area contributed by atoms with E-state index < -0.39 is 0 Å². The zero-order chi connectivity index (χ0) is 11.6. The quantitative estimate of drug-likeness (QED) is 0.698. The van der Waals surface area contributed by atoms with E-state index in [2.05, 4.69) is 53.9 Å². The molecule has 0 spiro atoms. The van der Waals surface area contributed by atoms with E-state index in [1.165, 1.54) is 11.3 Å². The summed E-state index contributed by atoms with van der Waals surface area (Å²) in [5, 5.41) is 3.44. The van der Waals surface area contributed by atoms with Gasteiger partial charge in [0.05, 0.1) is 0 Å². The molecule has 1 aromatic carbocycles. The smallest absolute Gasteiger partial charge is 0.0231 e. The average Bonchev–Trinajstić information content (AvgIpc) is 2.30. The molecule has 1 rings (SSSR count). The fourth-order valence-electron chi connectivity index (χ4n) is 1.54. The number of nitrogens with one attached hydrogen (secondary N) is 1. The molecule has 0 fully saturated rings. The van der Waals surface area contributed by atoms with Crippen molar-refractivity contribution in [2.24, 2.45) is 0 Å². The van der Waals surface area contributed by atoms with Gasteiger partial charge in [0, 0.05) is 31.9 Å². The first-order valence-electron chi connectivity index (χ1n) is 5.75. The lowest BCUT2D eigenvalue weighted by Crippen LogP contribution is -2.30. The summed E-state index contributed by atoms with van der Waals surface area (Å²) in [6.07, 6.45) is 2.14. The molecule has 0 aromatic heterocycles. The van der Waals surface area contributed by atoms with E-state index in [9.17, 15) is 0 Å². The first-order chi connectivity index (χ1) is 7.83. The monoisotopic (exact) mass is 238 g/mol. The van der Waals surface area contributed by atoms with Crippen LogP contribution in [0.3, 0.4) is 0 Å². The largest absolute Gasteiger partial charge is 0.315 e. The number of benzene rings is 1. The van der Waals surface area contributed by atoms with Crippen LogP contribution in [-0.4, -0.2) is 43.6 Å². The molecule has 0 heterocycles. The maximum absolute atomic E-state index is 3.44. The summed E-state index contributed by atoms with van der Waals surface area (Å²) >= 11 is 1.89. The molecular weight excluding hydrogens is 216 g/mol. The fourth-order valence-corrected chi connectivity index (χ4v) is 1.89. The van der Waals surface area contributed by atoms with E-state index in [0.29, 0.717) is 0 Å². The Morgan fingerprint density at radius 1 is 1.19 bits per heavy atom. The van der Waals surface area contributed by atoms with Gasteiger partial charge in [-0.15, -0.1) is 0 Å². The fraction of sp³-hybridized carbons (Fsp3) is 0.538. The molecule has 0 atom stereocenters. The minimum Gasteiger partial charge on any atom is -0.315 e. The lowest BCUT2D eigenvalue weighted by atomic mass is 10.2. The summed E-state index contributed by atoms with van der Waals surface area (Å²) in [5.74, 6) is 1.20.